The first kappa shape index (κ1) is 50.6. The monoisotopic (exact) mass is 950 g/mol. The summed E-state index contributed by atoms with van der Waals surface area (Å²) in [6, 6.07) is 8.06. The highest BCUT2D eigenvalue weighted by molar-refractivity contribution is 5.35. The number of benzene rings is 4. The van der Waals surface area contributed by atoms with Crippen molar-refractivity contribution in [2.45, 2.75) is 154 Å². The van der Waals surface area contributed by atoms with Crippen LogP contribution in [0, 0.1) is 90.1 Å². The summed E-state index contributed by atoms with van der Waals surface area (Å²) in [5, 5.41) is 0. The molecule has 4 aliphatic rings. The Hall–Kier alpha value is -4.29. The minimum Gasteiger partial charge on any atom is -0.429 e. The molecular weight excluding hydrogens is 890 g/mol. The minimum atomic E-state index is -4.45. The maximum atomic E-state index is 14.7. The summed E-state index contributed by atoms with van der Waals surface area (Å²) in [6.07, 6.45) is 9.19. The van der Waals surface area contributed by atoms with E-state index in [2.05, 4.69) is 23.3 Å². The SMILES string of the molecule is Cc1c(F)cc(OC(F)(F)c2c(F)cc(C3CCC(C4CCC(C)CC4)CC3)cc2F)cc1F.Cc1c(F)cc(OC(F)(F)c2ccc(C3CCC(C4CCC(C)CC4)CC3)cc2F)cc1F. The van der Waals surface area contributed by atoms with Crippen molar-refractivity contribution in [1.82, 2.24) is 0 Å². The molecule has 0 heterocycles. The van der Waals surface area contributed by atoms with E-state index < -0.39 is 75.6 Å². The lowest BCUT2D eigenvalue weighted by Crippen LogP contribution is -2.26. The van der Waals surface area contributed by atoms with Gasteiger partial charge in [-0.05, 0) is 174 Å². The smallest absolute Gasteiger partial charge is 0.429 e. The molecule has 67 heavy (non-hydrogen) atoms. The second kappa shape index (κ2) is 21.1. The van der Waals surface area contributed by atoms with Gasteiger partial charge in [-0.1, -0.05) is 45.6 Å². The van der Waals surface area contributed by atoms with Crippen molar-refractivity contribution in [3.05, 3.63) is 129 Å². The molecule has 4 aromatic rings. The average molecular weight is 951 g/mol. The average Bonchev–Trinajstić information content (AvgIpc) is 3.27. The highest BCUT2D eigenvalue weighted by atomic mass is 19.3. The first-order valence-electron chi connectivity index (χ1n) is 24.0. The second-order valence-electron chi connectivity index (χ2n) is 20.1. The van der Waals surface area contributed by atoms with Gasteiger partial charge >= 0.3 is 12.2 Å². The van der Waals surface area contributed by atoms with Gasteiger partial charge in [-0.3, -0.25) is 0 Å². The lowest BCUT2D eigenvalue weighted by molar-refractivity contribution is -0.190. The third kappa shape index (κ3) is 12.1. The standard InChI is InChI=1S/C27H30F6O.C27H31F5O/c1-15-3-5-17(6-4-15)18-7-9-19(10-8-18)20-11-24(30)26(25(31)12-20)27(32,33)34-21-13-22(28)16(2)23(29)14-21;1-16-3-5-18(6-4-16)19-7-9-20(10-8-19)21-11-12-23(26(30)13-21)27(31,32)33-22-14-24(28)17(2)25(29)15-22/h11-15,17-19H,3-10H2,1-2H3;11-16,18-20H,3-10H2,1-2H3. The predicted molar refractivity (Wildman–Crippen MR) is 236 cm³/mol. The molecule has 4 aliphatic carbocycles. The summed E-state index contributed by atoms with van der Waals surface area (Å²) in [6.45, 7) is 6.92. The van der Waals surface area contributed by atoms with E-state index in [4.69, 9.17) is 0 Å². The van der Waals surface area contributed by atoms with Crippen molar-refractivity contribution in [3.63, 3.8) is 0 Å². The Morgan fingerprint density at radius 1 is 0.388 bits per heavy atom. The molecule has 0 bridgehead atoms. The van der Waals surface area contributed by atoms with Crippen molar-refractivity contribution in [1.29, 1.82) is 0 Å². The number of rotatable bonds is 10. The summed E-state index contributed by atoms with van der Waals surface area (Å²) in [5.41, 5.74) is -2.10. The van der Waals surface area contributed by atoms with Crippen molar-refractivity contribution < 1.29 is 57.8 Å². The Morgan fingerprint density at radius 2 is 0.716 bits per heavy atom. The summed E-state index contributed by atoms with van der Waals surface area (Å²) >= 11 is 0. The molecule has 13 heteroatoms. The fourth-order valence-corrected chi connectivity index (χ4v) is 11.3. The molecule has 366 valence electrons. The van der Waals surface area contributed by atoms with E-state index in [-0.39, 0.29) is 23.0 Å². The van der Waals surface area contributed by atoms with Gasteiger partial charge in [-0.25, -0.2) is 30.7 Å². The lowest BCUT2D eigenvalue weighted by atomic mass is 9.68. The van der Waals surface area contributed by atoms with Gasteiger partial charge in [-0.15, -0.1) is 0 Å². The normalized spacial score (nSPS) is 26.1. The molecule has 4 fully saturated rings. The molecule has 0 saturated heterocycles. The highest BCUT2D eigenvalue weighted by Gasteiger charge is 2.43. The number of hydrogen-bond acceptors (Lipinski definition) is 2. The quantitative estimate of drug-likeness (QED) is 0.148. The first-order chi connectivity index (χ1) is 31.7. The number of halogens is 11. The molecule has 0 radical (unpaired) electrons. The number of hydrogen-bond donors (Lipinski definition) is 0. The van der Waals surface area contributed by atoms with Crippen molar-refractivity contribution in [2.24, 2.45) is 35.5 Å². The lowest BCUT2D eigenvalue weighted by Gasteiger charge is -2.37. The van der Waals surface area contributed by atoms with Crippen LogP contribution in [0.3, 0.4) is 0 Å². The maximum absolute atomic E-state index is 14.7. The molecule has 2 nitrogen and oxygen atoms in total. The van der Waals surface area contributed by atoms with Crippen LogP contribution in [0.2, 0.25) is 0 Å². The minimum absolute atomic E-state index is 0.0911. The van der Waals surface area contributed by atoms with Crippen LogP contribution in [0.25, 0.3) is 0 Å². The van der Waals surface area contributed by atoms with E-state index in [0.717, 1.165) is 106 Å². The molecule has 0 aliphatic heterocycles. The Labute approximate surface area is 387 Å². The Bertz CT molecular complexity index is 2250. The van der Waals surface area contributed by atoms with Crippen LogP contribution in [0.4, 0.5) is 48.3 Å². The van der Waals surface area contributed by atoms with Crippen LogP contribution in [-0.2, 0) is 12.2 Å². The van der Waals surface area contributed by atoms with Crippen molar-refractivity contribution in [2.75, 3.05) is 0 Å². The zero-order valence-electron chi connectivity index (χ0n) is 38.6. The molecule has 8 rings (SSSR count). The van der Waals surface area contributed by atoms with Gasteiger partial charge in [0.25, 0.3) is 0 Å². The zero-order valence-corrected chi connectivity index (χ0v) is 38.6. The number of alkyl halides is 4. The maximum Gasteiger partial charge on any atom is 0.432 e. The summed E-state index contributed by atoms with van der Waals surface area (Å²) in [4.78, 5) is 0. The van der Waals surface area contributed by atoms with Gasteiger partial charge in [0.1, 0.15) is 57.8 Å². The van der Waals surface area contributed by atoms with Gasteiger partial charge < -0.3 is 9.47 Å². The molecule has 0 aromatic heterocycles. The third-order valence-electron chi connectivity index (χ3n) is 15.6. The molecule has 0 atom stereocenters. The summed E-state index contributed by atoms with van der Waals surface area (Å²) in [7, 11) is 0. The predicted octanol–water partition coefficient (Wildman–Crippen LogP) is 17.4. The van der Waals surface area contributed by atoms with E-state index in [1.807, 2.05) is 0 Å². The molecule has 0 N–H and O–H groups in total. The van der Waals surface area contributed by atoms with Gasteiger partial charge in [0.05, 0.1) is 5.56 Å². The zero-order chi connectivity index (χ0) is 48.4. The van der Waals surface area contributed by atoms with E-state index in [9.17, 15) is 48.3 Å². The topological polar surface area (TPSA) is 18.5 Å². The van der Waals surface area contributed by atoms with Crippen molar-refractivity contribution >= 4 is 0 Å². The second-order valence-corrected chi connectivity index (χ2v) is 20.1. The number of ether oxygens (including phenoxy) is 2. The van der Waals surface area contributed by atoms with Crippen LogP contribution in [0.1, 0.15) is 162 Å². The van der Waals surface area contributed by atoms with E-state index >= 15 is 0 Å². The summed E-state index contributed by atoms with van der Waals surface area (Å²) < 4.78 is 166. The van der Waals surface area contributed by atoms with Crippen molar-refractivity contribution in [3.8, 4) is 11.5 Å². The van der Waals surface area contributed by atoms with E-state index in [1.165, 1.54) is 64.4 Å². The fraction of sp³-hybridized carbons (Fsp3) is 0.556. The largest absolute Gasteiger partial charge is 0.432 e. The highest BCUT2D eigenvalue weighted by Crippen LogP contribution is 2.47. The van der Waals surface area contributed by atoms with Crippen LogP contribution in [-0.4, -0.2) is 0 Å². The third-order valence-corrected chi connectivity index (χ3v) is 15.6. The Morgan fingerprint density at radius 3 is 1.09 bits per heavy atom. The van der Waals surface area contributed by atoms with E-state index in [0.29, 0.717) is 47.6 Å². The summed E-state index contributed by atoms with van der Waals surface area (Å²) in [5.74, 6) is -5.20. The van der Waals surface area contributed by atoms with Gasteiger partial charge in [0, 0.05) is 35.4 Å². The van der Waals surface area contributed by atoms with Gasteiger partial charge in [0.2, 0.25) is 0 Å². The molecular formula is C54H61F11O2. The van der Waals surface area contributed by atoms with Crippen LogP contribution in [0.15, 0.2) is 54.6 Å². The van der Waals surface area contributed by atoms with Gasteiger partial charge in [-0.2, -0.15) is 17.6 Å². The Kier molecular flexibility index (Phi) is 16.0. The van der Waals surface area contributed by atoms with Crippen LogP contribution in [0.5, 0.6) is 11.5 Å². The molecule has 0 amide bonds. The van der Waals surface area contributed by atoms with Gasteiger partial charge in [0.15, 0.2) is 0 Å². The van der Waals surface area contributed by atoms with Crippen LogP contribution >= 0.6 is 0 Å². The molecule has 0 spiro atoms. The van der Waals surface area contributed by atoms with Crippen LogP contribution < -0.4 is 9.47 Å². The Balaban J connectivity index is 0.000000199. The molecule has 4 aromatic carbocycles. The molecule has 4 saturated carbocycles. The molecule has 0 unspecified atom stereocenters. The first-order valence-corrected chi connectivity index (χ1v) is 24.0. The fourth-order valence-electron chi connectivity index (χ4n) is 11.3. The van der Waals surface area contributed by atoms with E-state index in [1.54, 1.807) is 0 Å².